The Hall–Kier alpha value is -1.39. The van der Waals surface area contributed by atoms with E-state index in [0.717, 1.165) is 0 Å². The van der Waals surface area contributed by atoms with Crippen molar-refractivity contribution >= 4 is 5.97 Å². The molecule has 0 unspecified atom stereocenters. The van der Waals surface area contributed by atoms with Crippen molar-refractivity contribution in [2.45, 2.75) is 45.8 Å². The van der Waals surface area contributed by atoms with Crippen LogP contribution in [-0.4, -0.2) is 35.0 Å². The van der Waals surface area contributed by atoms with Crippen molar-refractivity contribution in [2.24, 2.45) is 5.41 Å². The monoisotopic (exact) mass is 280 g/mol. The molecular weight excluding hydrogens is 256 g/mol. The Morgan fingerprint density at radius 2 is 2.10 bits per heavy atom. The minimum absolute atomic E-state index is 0.426. The molecule has 0 aliphatic heterocycles. The van der Waals surface area contributed by atoms with Gasteiger partial charge in [0.05, 0.1) is 13.2 Å². The van der Waals surface area contributed by atoms with Gasteiger partial charge in [-0.15, -0.1) is 0 Å². The average Bonchev–Trinajstić information content (AvgIpc) is 2.32. The molecule has 0 fully saturated rings. The fraction of sp³-hybridized carbons (Fsp3) is 0.562. The van der Waals surface area contributed by atoms with Gasteiger partial charge in [-0.05, 0) is 37.5 Å². The van der Waals surface area contributed by atoms with E-state index in [0.29, 0.717) is 17.6 Å². The van der Waals surface area contributed by atoms with Crippen molar-refractivity contribution < 1.29 is 19.7 Å². The Bertz CT molecular complexity index is 471. The van der Waals surface area contributed by atoms with Gasteiger partial charge in [0.1, 0.15) is 5.60 Å². The second-order valence-corrected chi connectivity index (χ2v) is 6.02. The molecule has 0 amide bonds. The van der Waals surface area contributed by atoms with E-state index in [-0.39, 0.29) is 0 Å². The van der Waals surface area contributed by atoms with E-state index in [9.17, 15) is 15.0 Å². The lowest BCUT2D eigenvalue weighted by Crippen LogP contribution is -2.48. The van der Waals surface area contributed by atoms with Crippen LogP contribution >= 0.6 is 0 Å². The highest BCUT2D eigenvalue weighted by atomic mass is 16.5. The first kappa shape index (κ1) is 16.7. The summed E-state index contributed by atoms with van der Waals surface area (Å²) in [6.45, 7) is 7.39. The summed E-state index contributed by atoms with van der Waals surface area (Å²) in [6.07, 6.45) is 6.36. The highest BCUT2D eigenvalue weighted by Gasteiger charge is 2.46. The molecule has 0 aromatic carbocycles. The first-order chi connectivity index (χ1) is 9.12. The Kier molecular flexibility index (Phi) is 4.95. The normalized spacial score (nSPS) is 30.2. The van der Waals surface area contributed by atoms with Crippen LogP contribution in [0.2, 0.25) is 0 Å². The fourth-order valence-electron chi connectivity index (χ4n) is 2.59. The predicted octanol–water partition coefficient (Wildman–Crippen LogP) is 2.13. The molecule has 0 spiro atoms. The fourth-order valence-corrected chi connectivity index (χ4v) is 2.59. The van der Waals surface area contributed by atoms with Crippen LogP contribution in [0.15, 0.2) is 35.5 Å². The average molecular weight is 280 g/mol. The van der Waals surface area contributed by atoms with Crippen molar-refractivity contribution in [3.63, 3.8) is 0 Å². The third kappa shape index (κ3) is 3.38. The van der Waals surface area contributed by atoms with Gasteiger partial charge in [-0.1, -0.05) is 26.0 Å². The molecule has 0 heterocycles. The maximum Gasteiger partial charge on any atom is 0.330 e. The molecule has 4 heteroatoms. The van der Waals surface area contributed by atoms with Gasteiger partial charge < -0.3 is 14.9 Å². The lowest BCUT2D eigenvalue weighted by molar-refractivity contribution is -0.134. The summed E-state index contributed by atoms with van der Waals surface area (Å²) in [6, 6.07) is 0. The number of methoxy groups -OCH3 is 1. The maximum absolute atomic E-state index is 11.1. The van der Waals surface area contributed by atoms with Crippen molar-refractivity contribution in [3.05, 3.63) is 35.5 Å². The van der Waals surface area contributed by atoms with Crippen molar-refractivity contribution in [1.29, 1.82) is 0 Å². The second-order valence-electron chi connectivity index (χ2n) is 6.02. The molecule has 0 saturated carbocycles. The minimum Gasteiger partial charge on any atom is -0.466 e. The van der Waals surface area contributed by atoms with Gasteiger partial charge in [0, 0.05) is 11.5 Å². The molecule has 0 saturated heterocycles. The zero-order chi connectivity index (χ0) is 15.6. The minimum atomic E-state index is -1.14. The number of carbonyl (C=O) groups excluding carboxylic acids is 1. The van der Waals surface area contributed by atoms with Gasteiger partial charge in [-0.25, -0.2) is 4.79 Å². The van der Waals surface area contributed by atoms with E-state index >= 15 is 0 Å². The number of hydrogen-bond donors (Lipinski definition) is 2. The Morgan fingerprint density at radius 1 is 1.50 bits per heavy atom. The van der Waals surface area contributed by atoms with Crippen molar-refractivity contribution in [1.82, 2.24) is 0 Å². The van der Waals surface area contributed by atoms with Gasteiger partial charge in [-0.2, -0.15) is 0 Å². The van der Waals surface area contributed by atoms with Crippen LogP contribution in [-0.2, 0) is 9.53 Å². The summed E-state index contributed by atoms with van der Waals surface area (Å²) < 4.78 is 4.56. The quantitative estimate of drug-likeness (QED) is 0.360. The number of hydrogen-bond acceptors (Lipinski definition) is 4. The number of aliphatic hydroxyl groups excluding tert-OH is 1. The van der Waals surface area contributed by atoms with Crippen LogP contribution in [0, 0.1) is 5.41 Å². The number of esters is 1. The summed E-state index contributed by atoms with van der Waals surface area (Å²) >= 11 is 0. The van der Waals surface area contributed by atoms with Crippen LogP contribution in [0.4, 0.5) is 0 Å². The molecule has 0 radical (unpaired) electrons. The third-order valence-electron chi connectivity index (χ3n) is 3.93. The van der Waals surface area contributed by atoms with Gasteiger partial charge in [-0.3, -0.25) is 0 Å². The molecule has 2 atom stereocenters. The molecule has 1 aliphatic rings. The Morgan fingerprint density at radius 3 is 2.60 bits per heavy atom. The lowest BCUT2D eigenvalue weighted by atomic mass is 9.64. The number of ether oxygens (including phenoxy) is 1. The summed E-state index contributed by atoms with van der Waals surface area (Å²) in [5, 5.41) is 20.7. The van der Waals surface area contributed by atoms with Gasteiger partial charge in [0.25, 0.3) is 0 Å². The summed E-state index contributed by atoms with van der Waals surface area (Å²) in [4.78, 5) is 11.1. The molecule has 1 rings (SSSR count). The lowest BCUT2D eigenvalue weighted by Gasteiger charge is -2.46. The zero-order valence-corrected chi connectivity index (χ0v) is 12.8. The highest BCUT2D eigenvalue weighted by Crippen LogP contribution is 2.45. The number of aliphatic hydroxyl groups is 2. The first-order valence-electron chi connectivity index (χ1n) is 6.67. The van der Waals surface area contributed by atoms with Gasteiger partial charge in [0.15, 0.2) is 0 Å². The van der Waals surface area contributed by atoms with Crippen molar-refractivity contribution in [3.8, 4) is 0 Å². The van der Waals surface area contributed by atoms with Gasteiger partial charge in [0.2, 0.25) is 0 Å². The first-order valence-corrected chi connectivity index (χ1v) is 6.67. The molecule has 0 aromatic rings. The van der Waals surface area contributed by atoms with Crippen LogP contribution in [0.3, 0.4) is 0 Å². The number of carbonyl (C=O) groups is 1. The Labute approximate surface area is 120 Å². The van der Waals surface area contributed by atoms with Crippen LogP contribution < -0.4 is 0 Å². The standard InChI is InChI=1S/C16H24O4/c1-11(8-14(18)20-5)6-7-16(19)12(2)9-13(17)10-15(16,3)4/h6-9,13,17,19H,10H2,1-5H3/b7-6+,11-8+/t13-,16-/m0/s1. The largest absolute Gasteiger partial charge is 0.466 e. The SMILES string of the molecule is COC(=O)/C=C(C)/C=C/[C@]1(O)C(C)=C[C@H](O)CC1(C)C. The van der Waals surface area contributed by atoms with E-state index in [1.54, 1.807) is 32.1 Å². The molecule has 20 heavy (non-hydrogen) atoms. The van der Waals surface area contributed by atoms with Gasteiger partial charge >= 0.3 is 5.97 Å². The number of allylic oxidation sites excluding steroid dienone is 2. The van der Waals surface area contributed by atoms with E-state index in [1.165, 1.54) is 13.2 Å². The van der Waals surface area contributed by atoms with Crippen LogP contribution in [0.1, 0.15) is 34.1 Å². The highest BCUT2D eigenvalue weighted by molar-refractivity contribution is 5.83. The van der Waals surface area contributed by atoms with Crippen LogP contribution in [0.5, 0.6) is 0 Å². The third-order valence-corrected chi connectivity index (χ3v) is 3.93. The molecule has 0 bridgehead atoms. The van der Waals surface area contributed by atoms with E-state index < -0.39 is 23.1 Å². The van der Waals surface area contributed by atoms with E-state index in [4.69, 9.17) is 0 Å². The molecule has 112 valence electrons. The number of rotatable bonds is 3. The molecular formula is C16H24O4. The Balaban J connectivity index is 3.07. The summed E-state index contributed by atoms with van der Waals surface area (Å²) in [5.74, 6) is -0.426. The summed E-state index contributed by atoms with van der Waals surface area (Å²) in [7, 11) is 1.32. The second kappa shape index (κ2) is 5.94. The van der Waals surface area contributed by atoms with Crippen LogP contribution in [0.25, 0.3) is 0 Å². The van der Waals surface area contributed by atoms with Crippen molar-refractivity contribution in [2.75, 3.05) is 7.11 Å². The topological polar surface area (TPSA) is 66.8 Å². The maximum atomic E-state index is 11.1. The molecule has 4 nitrogen and oxygen atoms in total. The summed E-state index contributed by atoms with van der Waals surface area (Å²) in [5.41, 5.74) is -0.228. The molecule has 0 aromatic heterocycles. The van der Waals surface area contributed by atoms with E-state index in [1.807, 2.05) is 13.8 Å². The predicted molar refractivity (Wildman–Crippen MR) is 78.0 cm³/mol. The molecule has 1 aliphatic carbocycles. The zero-order valence-electron chi connectivity index (χ0n) is 12.8. The molecule has 2 N–H and O–H groups in total. The smallest absolute Gasteiger partial charge is 0.330 e. The van der Waals surface area contributed by atoms with E-state index in [2.05, 4.69) is 4.74 Å².